The van der Waals surface area contributed by atoms with Crippen molar-refractivity contribution in [3.8, 4) is 0 Å². The SMILES string of the molecule is CCOCCCCNC(=NC)NCC(c1ccccc1)N(C)C. The molecule has 130 valence electrons. The maximum atomic E-state index is 5.34. The van der Waals surface area contributed by atoms with Crippen molar-refractivity contribution < 1.29 is 4.74 Å². The molecule has 5 nitrogen and oxygen atoms in total. The van der Waals surface area contributed by atoms with Gasteiger partial charge in [0.25, 0.3) is 0 Å². The minimum atomic E-state index is 0.313. The summed E-state index contributed by atoms with van der Waals surface area (Å²) in [5.74, 6) is 0.851. The standard InChI is InChI=1S/C18H32N4O/c1-5-23-14-10-9-13-20-18(19-2)21-15-17(22(3)4)16-11-7-6-8-12-16/h6-8,11-12,17H,5,9-10,13-15H2,1-4H3,(H2,19,20,21). The number of unbranched alkanes of at least 4 members (excludes halogenated alkanes) is 1. The fourth-order valence-electron chi connectivity index (χ4n) is 2.37. The zero-order valence-corrected chi connectivity index (χ0v) is 15.0. The van der Waals surface area contributed by atoms with E-state index in [0.29, 0.717) is 6.04 Å². The number of guanidine groups is 1. The van der Waals surface area contributed by atoms with E-state index >= 15 is 0 Å². The van der Waals surface area contributed by atoms with Gasteiger partial charge in [-0.05, 0) is 39.4 Å². The van der Waals surface area contributed by atoms with E-state index < -0.39 is 0 Å². The third kappa shape index (κ3) is 8.00. The fourth-order valence-corrected chi connectivity index (χ4v) is 2.37. The molecule has 0 aliphatic rings. The molecule has 5 heteroatoms. The highest BCUT2D eigenvalue weighted by molar-refractivity contribution is 5.79. The van der Waals surface area contributed by atoms with Crippen LogP contribution in [0.4, 0.5) is 0 Å². The number of hydrogen-bond donors (Lipinski definition) is 2. The molecule has 0 spiro atoms. The van der Waals surface area contributed by atoms with Gasteiger partial charge < -0.3 is 20.3 Å². The Morgan fingerprint density at radius 2 is 1.91 bits per heavy atom. The van der Waals surface area contributed by atoms with Crippen LogP contribution in [0, 0.1) is 0 Å². The van der Waals surface area contributed by atoms with Crippen molar-refractivity contribution in [3.05, 3.63) is 35.9 Å². The Bertz CT molecular complexity index is 434. The Balaban J connectivity index is 2.37. The first kappa shape index (κ1) is 19.5. The molecule has 0 aliphatic heterocycles. The topological polar surface area (TPSA) is 48.9 Å². The van der Waals surface area contributed by atoms with E-state index in [4.69, 9.17) is 4.74 Å². The first-order chi connectivity index (χ1) is 11.2. The molecule has 0 heterocycles. The summed E-state index contributed by atoms with van der Waals surface area (Å²) in [5, 5.41) is 6.77. The van der Waals surface area contributed by atoms with Crippen LogP contribution < -0.4 is 10.6 Å². The lowest BCUT2D eigenvalue weighted by atomic mass is 10.1. The molecule has 0 saturated carbocycles. The van der Waals surface area contributed by atoms with Crippen LogP contribution in [0.15, 0.2) is 35.3 Å². The smallest absolute Gasteiger partial charge is 0.191 e. The van der Waals surface area contributed by atoms with E-state index in [-0.39, 0.29) is 0 Å². The highest BCUT2D eigenvalue weighted by Gasteiger charge is 2.13. The van der Waals surface area contributed by atoms with Crippen LogP contribution in [0.5, 0.6) is 0 Å². The van der Waals surface area contributed by atoms with Crippen molar-refractivity contribution in [1.29, 1.82) is 0 Å². The Kier molecular flexibility index (Phi) is 10.1. The van der Waals surface area contributed by atoms with E-state index in [1.54, 1.807) is 0 Å². The number of hydrogen-bond acceptors (Lipinski definition) is 3. The number of rotatable bonds is 10. The second kappa shape index (κ2) is 11.9. The molecule has 0 bridgehead atoms. The first-order valence-electron chi connectivity index (χ1n) is 8.42. The summed E-state index contributed by atoms with van der Waals surface area (Å²) in [7, 11) is 6.01. The Labute approximate surface area is 141 Å². The first-order valence-corrected chi connectivity index (χ1v) is 8.42. The molecule has 23 heavy (non-hydrogen) atoms. The summed E-state index contributed by atoms with van der Waals surface area (Å²) in [6.07, 6.45) is 2.15. The van der Waals surface area contributed by atoms with Gasteiger partial charge in [-0.3, -0.25) is 4.99 Å². The third-order valence-electron chi connectivity index (χ3n) is 3.71. The van der Waals surface area contributed by atoms with Crippen LogP contribution in [0.2, 0.25) is 0 Å². The summed E-state index contributed by atoms with van der Waals surface area (Å²) < 4.78 is 5.34. The molecule has 1 unspecified atom stereocenters. The van der Waals surface area contributed by atoms with Gasteiger partial charge in [0.2, 0.25) is 0 Å². The van der Waals surface area contributed by atoms with Crippen LogP contribution >= 0.6 is 0 Å². The normalized spacial score (nSPS) is 13.2. The predicted molar refractivity (Wildman–Crippen MR) is 98.0 cm³/mol. The van der Waals surface area contributed by atoms with Gasteiger partial charge in [-0.1, -0.05) is 30.3 Å². The highest BCUT2D eigenvalue weighted by atomic mass is 16.5. The van der Waals surface area contributed by atoms with Gasteiger partial charge in [0, 0.05) is 33.4 Å². The fraction of sp³-hybridized carbons (Fsp3) is 0.611. The number of nitrogens with one attached hydrogen (secondary N) is 2. The average Bonchev–Trinajstić information content (AvgIpc) is 2.57. The van der Waals surface area contributed by atoms with Crippen molar-refractivity contribution in [2.24, 2.45) is 4.99 Å². The zero-order chi connectivity index (χ0) is 16.9. The number of aliphatic imine (C=N–C) groups is 1. The molecule has 0 amide bonds. The molecule has 2 N–H and O–H groups in total. The van der Waals surface area contributed by atoms with E-state index in [0.717, 1.165) is 45.1 Å². The number of nitrogens with zero attached hydrogens (tertiary/aromatic N) is 2. The largest absolute Gasteiger partial charge is 0.382 e. The Morgan fingerprint density at radius 1 is 1.17 bits per heavy atom. The van der Waals surface area contributed by atoms with Gasteiger partial charge in [-0.2, -0.15) is 0 Å². The zero-order valence-electron chi connectivity index (χ0n) is 15.0. The maximum absolute atomic E-state index is 5.34. The highest BCUT2D eigenvalue weighted by Crippen LogP contribution is 2.16. The summed E-state index contributed by atoms with van der Waals surface area (Å²) >= 11 is 0. The number of benzene rings is 1. The minimum Gasteiger partial charge on any atom is -0.382 e. The van der Waals surface area contributed by atoms with Gasteiger partial charge in [0.05, 0.1) is 6.04 Å². The van der Waals surface area contributed by atoms with E-state index in [1.165, 1.54) is 5.56 Å². The van der Waals surface area contributed by atoms with Crippen molar-refractivity contribution >= 4 is 5.96 Å². The van der Waals surface area contributed by atoms with Gasteiger partial charge in [-0.15, -0.1) is 0 Å². The van der Waals surface area contributed by atoms with Crippen LogP contribution in [-0.2, 0) is 4.74 Å². The van der Waals surface area contributed by atoms with E-state index in [9.17, 15) is 0 Å². The molecule has 0 saturated heterocycles. The van der Waals surface area contributed by atoms with Crippen molar-refractivity contribution in [2.45, 2.75) is 25.8 Å². The lowest BCUT2D eigenvalue weighted by Crippen LogP contribution is -2.42. The summed E-state index contributed by atoms with van der Waals surface area (Å²) in [5.41, 5.74) is 1.30. The van der Waals surface area contributed by atoms with Crippen molar-refractivity contribution in [3.63, 3.8) is 0 Å². The van der Waals surface area contributed by atoms with Gasteiger partial charge in [0.1, 0.15) is 0 Å². The van der Waals surface area contributed by atoms with Crippen molar-refractivity contribution in [1.82, 2.24) is 15.5 Å². The molecule has 1 aromatic carbocycles. The Hall–Kier alpha value is -1.59. The van der Waals surface area contributed by atoms with Gasteiger partial charge in [-0.25, -0.2) is 0 Å². The predicted octanol–water partition coefficient (Wildman–Crippen LogP) is 2.27. The van der Waals surface area contributed by atoms with Crippen LogP contribution in [0.3, 0.4) is 0 Å². The molecule has 0 fully saturated rings. The average molecular weight is 320 g/mol. The van der Waals surface area contributed by atoms with Gasteiger partial charge in [0.15, 0.2) is 5.96 Å². The molecule has 1 aromatic rings. The molecule has 1 rings (SSSR count). The lowest BCUT2D eigenvalue weighted by Gasteiger charge is -2.26. The molecule has 1 atom stereocenters. The summed E-state index contributed by atoms with van der Waals surface area (Å²) in [6.45, 7) is 5.38. The van der Waals surface area contributed by atoms with Crippen molar-refractivity contribution in [2.75, 3.05) is 47.4 Å². The Morgan fingerprint density at radius 3 is 2.52 bits per heavy atom. The van der Waals surface area contributed by atoms with Gasteiger partial charge >= 0.3 is 0 Å². The number of ether oxygens (including phenoxy) is 1. The molecular weight excluding hydrogens is 288 g/mol. The molecule has 0 aromatic heterocycles. The monoisotopic (exact) mass is 320 g/mol. The maximum Gasteiger partial charge on any atom is 0.191 e. The van der Waals surface area contributed by atoms with Crippen LogP contribution in [0.1, 0.15) is 31.4 Å². The second-order valence-electron chi connectivity index (χ2n) is 5.67. The summed E-state index contributed by atoms with van der Waals surface area (Å²) in [6, 6.07) is 10.8. The van der Waals surface area contributed by atoms with E-state index in [2.05, 4.69) is 58.9 Å². The second-order valence-corrected chi connectivity index (χ2v) is 5.67. The van der Waals surface area contributed by atoms with E-state index in [1.807, 2.05) is 20.0 Å². The minimum absolute atomic E-state index is 0.313. The van der Waals surface area contributed by atoms with Crippen LogP contribution in [-0.4, -0.2) is 58.3 Å². The number of likely N-dealkylation sites (N-methyl/N-ethyl adjacent to an activating group) is 1. The molecule has 0 aliphatic carbocycles. The lowest BCUT2D eigenvalue weighted by molar-refractivity contribution is 0.143. The summed E-state index contributed by atoms with van der Waals surface area (Å²) in [4.78, 5) is 6.51. The van der Waals surface area contributed by atoms with Crippen LogP contribution in [0.25, 0.3) is 0 Å². The third-order valence-corrected chi connectivity index (χ3v) is 3.71. The quantitative estimate of drug-likeness (QED) is 0.394. The molecular formula is C18H32N4O. The molecule has 0 radical (unpaired) electrons.